The first-order valence-electron chi connectivity index (χ1n) is 10.2. The van der Waals surface area contributed by atoms with Crippen LogP contribution in [0.15, 0.2) is 18.3 Å². The van der Waals surface area contributed by atoms with Gasteiger partial charge in [-0.3, -0.25) is 19.3 Å². The van der Waals surface area contributed by atoms with Gasteiger partial charge in [0.05, 0.1) is 11.8 Å². The number of likely N-dealkylation sites (N-methyl/N-ethyl adjacent to an activating group) is 1. The number of carbonyl (C=O) groups is 3. The molecule has 0 bridgehead atoms. The van der Waals surface area contributed by atoms with E-state index < -0.39 is 39.8 Å². The van der Waals surface area contributed by atoms with Gasteiger partial charge in [-0.25, -0.2) is 13.4 Å². The summed E-state index contributed by atoms with van der Waals surface area (Å²) in [6.07, 6.45) is 2.88. The van der Waals surface area contributed by atoms with Gasteiger partial charge in [-0.2, -0.15) is 0 Å². The van der Waals surface area contributed by atoms with Crippen molar-refractivity contribution in [2.75, 3.05) is 30.5 Å². The van der Waals surface area contributed by atoms with E-state index in [0.29, 0.717) is 5.82 Å². The smallest absolute Gasteiger partial charge is 0.251 e. The van der Waals surface area contributed by atoms with Crippen molar-refractivity contribution in [3.8, 4) is 0 Å². The Bertz CT molecular complexity index is 934. The summed E-state index contributed by atoms with van der Waals surface area (Å²) >= 11 is 0. The van der Waals surface area contributed by atoms with Crippen molar-refractivity contribution in [1.29, 1.82) is 0 Å². The van der Waals surface area contributed by atoms with Crippen LogP contribution in [-0.2, 0) is 30.6 Å². The van der Waals surface area contributed by atoms with Crippen LogP contribution in [-0.4, -0.2) is 74.8 Å². The Labute approximate surface area is 183 Å². The maximum absolute atomic E-state index is 13.5. The van der Waals surface area contributed by atoms with E-state index in [-0.39, 0.29) is 30.5 Å². The molecule has 1 aromatic rings. The zero-order valence-electron chi connectivity index (χ0n) is 18.5. The number of rotatable bonds is 9. The van der Waals surface area contributed by atoms with Crippen LogP contribution in [0.3, 0.4) is 0 Å². The largest absolute Gasteiger partial charge is 0.353 e. The Hall–Kier alpha value is -2.53. The average Bonchev–Trinajstić information content (AvgIpc) is 3.09. The van der Waals surface area contributed by atoms with Crippen LogP contribution >= 0.6 is 0 Å². The number of pyridine rings is 1. The highest BCUT2D eigenvalue weighted by Crippen LogP contribution is 2.31. The van der Waals surface area contributed by atoms with Gasteiger partial charge in [-0.1, -0.05) is 19.9 Å². The molecule has 172 valence electrons. The van der Waals surface area contributed by atoms with E-state index in [2.05, 4.69) is 20.9 Å². The topological polar surface area (TPSA) is 138 Å². The lowest BCUT2D eigenvalue weighted by atomic mass is 10.0. The molecule has 0 saturated heterocycles. The van der Waals surface area contributed by atoms with Crippen molar-refractivity contribution < 1.29 is 22.8 Å². The first kappa shape index (κ1) is 24.7. The van der Waals surface area contributed by atoms with Crippen LogP contribution in [0.5, 0.6) is 0 Å². The van der Waals surface area contributed by atoms with Gasteiger partial charge >= 0.3 is 0 Å². The van der Waals surface area contributed by atoms with Gasteiger partial charge in [0.2, 0.25) is 11.8 Å². The zero-order valence-corrected chi connectivity index (χ0v) is 19.3. The third kappa shape index (κ3) is 6.23. The molecule has 31 heavy (non-hydrogen) atoms. The quantitative estimate of drug-likeness (QED) is 0.447. The van der Waals surface area contributed by atoms with E-state index in [1.54, 1.807) is 26.1 Å². The second kappa shape index (κ2) is 10.2. The van der Waals surface area contributed by atoms with Crippen LogP contribution in [0.2, 0.25) is 0 Å². The number of anilines is 1. The van der Waals surface area contributed by atoms with Crippen molar-refractivity contribution in [1.82, 2.24) is 20.9 Å². The molecule has 3 amide bonds. The van der Waals surface area contributed by atoms with Crippen molar-refractivity contribution in [3.05, 3.63) is 23.9 Å². The lowest BCUT2D eigenvalue weighted by molar-refractivity contribution is -0.131. The fourth-order valence-electron chi connectivity index (χ4n) is 3.27. The molecule has 1 aromatic heterocycles. The van der Waals surface area contributed by atoms with Crippen LogP contribution in [0, 0.1) is 5.92 Å². The third-order valence-electron chi connectivity index (χ3n) is 5.19. The highest BCUT2D eigenvalue weighted by molar-refractivity contribution is 7.90. The lowest BCUT2D eigenvalue weighted by Gasteiger charge is -2.31. The summed E-state index contributed by atoms with van der Waals surface area (Å²) < 4.78 is 22.7. The minimum atomic E-state index is -3.24. The fourth-order valence-corrected chi connectivity index (χ4v) is 3.74. The Morgan fingerprint density at radius 3 is 2.52 bits per heavy atom. The molecule has 0 aliphatic carbocycles. The minimum absolute atomic E-state index is 0.0516. The van der Waals surface area contributed by atoms with Crippen LogP contribution in [0.1, 0.15) is 26.3 Å². The summed E-state index contributed by atoms with van der Waals surface area (Å²) in [4.78, 5) is 44.4. The first-order valence-corrected chi connectivity index (χ1v) is 12.2. The molecular formula is C20H31N5O5S. The van der Waals surface area contributed by atoms with Crippen LogP contribution in [0.25, 0.3) is 0 Å². The van der Waals surface area contributed by atoms with Gasteiger partial charge in [-0.15, -0.1) is 0 Å². The number of nitrogens with zero attached hydrogens (tertiary/aromatic N) is 2. The molecule has 0 aromatic carbocycles. The average molecular weight is 454 g/mol. The Balaban J connectivity index is 2.29. The summed E-state index contributed by atoms with van der Waals surface area (Å²) in [6.45, 7) is 5.25. The number of nitrogens with one attached hydrogen (secondary N) is 3. The summed E-state index contributed by atoms with van der Waals surface area (Å²) in [6, 6.07) is 1.28. The monoisotopic (exact) mass is 453 g/mol. The molecule has 10 nitrogen and oxygen atoms in total. The van der Waals surface area contributed by atoms with E-state index >= 15 is 0 Å². The summed E-state index contributed by atoms with van der Waals surface area (Å²) in [5.74, 6) is -1.29. The number of sulfone groups is 1. The first-order chi connectivity index (χ1) is 14.5. The zero-order chi connectivity index (χ0) is 23.3. The van der Waals surface area contributed by atoms with Crippen LogP contribution in [0.4, 0.5) is 5.82 Å². The molecule has 1 aliphatic rings. The van der Waals surface area contributed by atoms with Gasteiger partial charge in [0, 0.05) is 25.4 Å². The van der Waals surface area contributed by atoms with E-state index in [9.17, 15) is 22.8 Å². The van der Waals surface area contributed by atoms with Gasteiger partial charge in [-0.05, 0) is 31.5 Å². The van der Waals surface area contributed by atoms with Gasteiger partial charge in [0.25, 0.3) is 5.91 Å². The van der Waals surface area contributed by atoms with Gasteiger partial charge < -0.3 is 16.0 Å². The highest BCUT2D eigenvalue weighted by atomic mass is 32.2. The van der Waals surface area contributed by atoms with Crippen molar-refractivity contribution in [3.63, 3.8) is 0 Å². The molecular weight excluding hydrogens is 422 g/mol. The molecule has 0 fully saturated rings. The molecule has 3 N–H and O–H groups in total. The Morgan fingerprint density at radius 2 is 1.94 bits per heavy atom. The lowest BCUT2D eigenvalue weighted by Crippen LogP contribution is -2.58. The van der Waals surface area contributed by atoms with E-state index in [0.717, 1.165) is 11.8 Å². The normalized spacial score (nSPS) is 17.7. The van der Waals surface area contributed by atoms with Crippen molar-refractivity contribution >= 4 is 33.4 Å². The molecule has 0 spiro atoms. The van der Waals surface area contributed by atoms with Crippen molar-refractivity contribution in [2.24, 2.45) is 5.92 Å². The number of amides is 3. The molecule has 3 unspecified atom stereocenters. The van der Waals surface area contributed by atoms with E-state index in [4.69, 9.17) is 0 Å². The Morgan fingerprint density at radius 1 is 1.26 bits per heavy atom. The second-order valence-electron chi connectivity index (χ2n) is 8.08. The SMILES string of the molecule is CNC(C)C(=O)NC(C(=O)N1c2ncccc2CC1C(=O)NCCS(C)(=O)=O)C(C)C. The number of aromatic nitrogens is 1. The maximum atomic E-state index is 13.5. The standard InChI is InChI=1S/C20H31N5O5S/c1-12(2)16(24-18(26)13(3)21-4)20(28)25-15(11-14-7-6-8-22-17(14)25)19(27)23-9-10-31(5,29)30/h6-8,12-13,15-16,21H,9-11H2,1-5H3,(H,23,27)(H,24,26). The summed E-state index contributed by atoms with van der Waals surface area (Å²) in [7, 11) is -1.59. The van der Waals surface area contributed by atoms with Gasteiger partial charge in [0.15, 0.2) is 0 Å². The molecule has 1 aliphatic heterocycles. The highest BCUT2D eigenvalue weighted by Gasteiger charge is 2.42. The number of hydrogen-bond donors (Lipinski definition) is 3. The Kier molecular flexibility index (Phi) is 8.13. The third-order valence-corrected chi connectivity index (χ3v) is 6.14. The molecule has 11 heteroatoms. The fraction of sp³-hybridized carbons (Fsp3) is 0.600. The molecule has 3 atom stereocenters. The predicted molar refractivity (Wildman–Crippen MR) is 117 cm³/mol. The maximum Gasteiger partial charge on any atom is 0.251 e. The number of hydrogen-bond acceptors (Lipinski definition) is 7. The second-order valence-corrected chi connectivity index (χ2v) is 10.3. The van der Waals surface area contributed by atoms with E-state index in [1.807, 2.05) is 13.8 Å². The summed E-state index contributed by atoms with van der Waals surface area (Å²) in [5.41, 5.74) is 0.733. The van der Waals surface area contributed by atoms with Crippen LogP contribution < -0.4 is 20.9 Å². The molecule has 2 rings (SSSR count). The number of fused-ring (bicyclic) bond motifs is 1. The van der Waals surface area contributed by atoms with Crippen molar-refractivity contribution in [2.45, 2.75) is 45.3 Å². The molecule has 0 radical (unpaired) electrons. The molecule has 2 heterocycles. The minimum Gasteiger partial charge on any atom is -0.353 e. The predicted octanol–water partition coefficient (Wildman–Crippen LogP) is -0.751. The van der Waals surface area contributed by atoms with Gasteiger partial charge in [0.1, 0.15) is 27.7 Å². The van der Waals surface area contributed by atoms with E-state index in [1.165, 1.54) is 11.1 Å². The molecule has 0 saturated carbocycles. The number of carbonyl (C=O) groups excluding carboxylic acids is 3. The summed E-state index contributed by atoms with van der Waals surface area (Å²) in [5, 5.41) is 8.20.